The molecule has 0 fully saturated rings. The topological polar surface area (TPSA) is 63.5 Å². The van der Waals surface area contributed by atoms with Crippen LogP contribution in [-0.2, 0) is 0 Å². The normalized spacial score (nSPS) is 13.2. The van der Waals surface area contributed by atoms with Gasteiger partial charge in [-0.1, -0.05) is 19.1 Å². The van der Waals surface area contributed by atoms with E-state index in [1.165, 1.54) is 0 Å². The summed E-state index contributed by atoms with van der Waals surface area (Å²) in [5.41, 5.74) is 2.05. The molecule has 24 heavy (non-hydrogen) atoms. The second kappa shape index (κ2) is 7.90. The van der Waals surface area contributed by atoms with E-state index in [-0.39, 0.29) is 18.1 Å². The number of methoxy groups -OCH3 is 1. The van der Waals surface area contributed by atoms with Crippen LogP contribution >= 0.6 is 0 Å². The lowest BCUT2D eigenvalue weighted by Gasteiger charge is -2.20. The Balaban J connectivity index is 1.99. The summed E-state index contributed by atoms with van der Waals surface area (Å²) < 4.78 is 10.7. The molecule has 0 aliphatic carbocycles. The first-order valence-electron chi connectivity index (χ1n) is 8.22. The number of amides is 2. The molecular weight excluding hydrogens is 304 g/mol. The molecule has 0 saturated carbocycles. The van der Waals surface area contributed by atoms with Crippen LogP contribution < -0.4 is 15.4 Å². The van der Waals surface area contributed by atoms with E-state index in [9.17, 15) is 4.79 Å². The number of carbonyl (C=O) groups excluding carboxylic acids is 1. The van der Waals surface area contributed by atoms with E-state index in [4.69, 9.17) is 9.15 Å². The summed E-state index contributed by atoms with van der Waals surface area (Å²) in [7, 11) is 1.64. The van der Waals surface area contributed by atoms with Crippen LogP contribution in [0.3, 0.4) is 0 Å². The molecule has 5 heteroatoms. The van der Waals surface area contributed by atoms with Crippen LogP contribution in [0, 0.1) is 13.8 Å². The second-order valence-corrected chi connectivity index (χ2v) is 5.94. The maximum Gasteiger partial charge on any atom is 0.315 e. The Labute approximate surface area is 143 Å². The van der Waals surface area contributed by atoms with E-state index in [1.807, 2.05) is 58.0 Å². The van der Waals surface area contributed by atoms with Crippen LogP contribution in [-0.4, -0.2) is 13.1 Å². The number of aryl methyl sites for hydroxylation is 2. The van der Waals surface area contributed by atoms with Crippen LogP contribution in [0.5, 0.6) is 5.75 Å². The first-order valence-corrected chi connectivity index (χ1v) is 8.22. The summed E-state index contributed by atoms with van der Waals surface area (Å²) in [5, 5.41) is 6.00. The van der Waals surface area contributed by atoms with Crippen molar-refractivity contribution in [3.8, 4) is 5.75 Å². The van der Waals surface area contributed by atoms with Gasteiger partial charge >= 0.3 is 6.03 Å². The van der Waals surface area contributed by atoms with Crippen LogP contribution in [0.15, 0.2) is 34.7 Å². The lowest BCUT2D eigenvalue weighted by atomic mass is 10.0. The van der Waals surface area contributed by atoms with Crippen molar-refractivity contribution in [2.24, 2.45) is 0 Å². The minimum atomic E-state index is -0.191. The molecule has 1 aromatic heterocycles. The Bertz CT molecular complexity index is 676. The number of benzene rings is 1. The smallest absolute Gasteiger partial charge is 0.315 e. The van der Waals surface area contributed by atoms with Gasteiger partial charge in [0.2, 0.25) is 0 Å². The number of hydrogen-bond acceptors (Lipinski definition) is 3. The summed E-state index contributed by atoms with van der Waals surface area (Å²) in [4.78, 5) is 12.3. The van der Waals surface area contributed by atoms with Crippen molar-refractivity contribution in [2.75, 3.05) is 7.11 Å². The zero-order chi connectivity index (χ0) is 17.7. The van der Waals surface area contributed by atoms with Crippen molar-refractivity contribution in [2.45, 2.75) is 46.2 Å². The van der Waals surface area contributed by atoms with Gasteiger partial charge in [0.15, 0.2) is 0 Å². The molecule has 0 aliphatic rings. The van der Waals surface area contributed by atoms with Crippen molar-refractivity contribution in [3.05, 3.63) is 53.0 Å². The Morgan fingerprint density at radius 1 is 1.21 bits per heavy atom. The van der Waals surface area contributed by atoms with Gasteiger partial charge in [0.1, 0.15) is 17.3 Å². The van der Waals surface area contributed by atoms with E-state index in [0.717, 1.165) is 34.8 Å². The molecule has 0 bridgehead atoms. The molecule has 2 N–H and O–H groups in total. The van der Waals surface area contributed by atoms with Gasteiger partial charge in [-0.2, -0.15) is 0 Å². The summed E-state index contributed by atoms with van der Waals surface area (Å²) in [6.45, 7) is 7.80. The molecule has 0 aliphatic heterocycles. The van der Waals surface area contributed by atoms with Crippen LogP contribution in [0.4, 0.5) is 4.79 Å². The lowest BCUT2D eigenvalue weighted by Crippen LogP contribution is -2.39. The fourth-order valence-corrected chi connectivity index (χ4v) is 2.81. The molecule has 2 unspecified atom stereocenters. The number of urea groups is 1. The van der Waals surface area contributed by atoms with Crippen molar-refractivity contribution in [3.63, 3.8) is 0 Å². The maximum atomic E-state index is 12.3. The van der Waals surface area contributed by atoms with Crippen molar-refractivity contribution in [1.82, 2.24) is 10.6 Å². The molecule has 1 aromatic carbocycles. The highest BCUT2D eigenvalue weighted by Gasteiger charge is 2.17. The molecule has 0 radical (unpaired) electrons. The molecule has 2 amide bonds. The van der Waals surface area contributed by atoms with Crippen molar-refractivity contribution < 1.29 is 13.9 Å². The van der Waals surface area contributed by atoms with E-state index >= 15 is 0 Å². The summed E-state index contributed by atoms with van der Waals surface area (Å²) in [5.74, 6) is 2.49. The largest absolute Gasteiger partial charge is 0.497 e. The van der Waals surface area contributed by atoms with E-state index < -0.39 is 0 Å². The van der Waals surface area contributed by atoms with E-state index in [1.54, 1.807) is 7.11 Å². The Morgan fingerprint density at radius 2 is 1.88 bits per heavy atom. The Kier molecular flexibility index (Phi) is 5.90. The van der Waals surface area contributed by atoms with Crippen molar-refractivity contribution in [1.29, 1.82) is 0 Å². The second-order valence-electron chi connectivity index (χ2n) is 5.94. The SMILES string of the molecule is CCC(NC(=O)NC(C)c1cc(C)oc1C)c1ccc(OC)cc1. The van der Waals surface area contributed by atoms with Crippen LogP contribution in [0.1, 0.15) is 55.0 Å². The average molecular weight is 330 g/mol. The molecule has 2 aromatic rings. The quantitative estimate of drug-likeness (QED) is 0.824. The molecule has 2 atom stereocenters. The van der Waals surface area contributed by atoms with Gasteiger partial charge in [0, 0.05) is 5.56 Å². The fourth-order valence-electron chi connectivity index (χ4n) is 2.81. The lowest BCUT2D eigenvalue weighted by molar-refractivity contribution is 0.233. The van der Waals surface area contributed by atoms with Gasteiger partial charge in [0.05, 0.1) is 19.2 Å². The van der Waals surface area contributed by atoms with Gasteiger partial charge in [-0.05, 0) is 51.0 Å². The van der Waals surface area contributed by atoms with Crippen LogP contribution in [0.25, 0.3) is 0 Å². The van der Waals surface area contributed by atoms with Gasteiger partial charge in [-0.3, -0.25) is 0 Å². The standard InChI is InChI=1S/C19H26N2O3/c1-6-18(15-7-9-16(23-5)10-8-15)21-19(22)20-13(3)17-11-12(2)24-14(17)4/h7-11,13,18H,6H2,1-5H3,(H2,20,21,22). The van der Waals surface area contributed by atoms with Crippen LogP contribution in [0.2, 0.25) is 0 Å². The summed E-state index contributed by atoms with van der Waals surface area (Å²) in [6, 6.07) is 9.35. The van der Waals surface area contributed by atoms with E-state index in [2.05, 4.69) is 10.6 Å². The monoisotopic (exact) mass is 330 g/mol. The summed E-state index contributed by atoms with van der Waals surface area (Å²) in [6.07, 6.45) is 0.804. The molecule has 0 spiro atoms. The number of rotatable bonds is 6. The zero-order valence-electron chi connectivity index (χ0n) is 15.0. The van der Waals surface area contributed by atoms with Gasteiger partial charge < -0.3 is 19.8 Å². The fraction of sp³-hybridized carbons (Fsp3) is 0.421. The first kappa shape index (κ1) is 17.9. The highest BCUT2D eigenvalue weighted by Crippen LogP contribution is 2.22. The average Bonchev–Trinajstić information content (AvgIpc) is 2.91. The first-order chi connectivity index (χ1) is 11.4. The predicted octanol–water partition coefficient (Wildman–Crippen LogP) is 4.42. The molecular formula is C19H26N2O3. The van der Waals surface area contributed by atoms with Gasteiger partial charge in [0.25, 0.3) is 0 Å². The van der Waals surface area contributed by atoms with Gasteiger partial charge in [-0.15, -0.1) is 0 Å². The number of furan rings is 1. The number of nitrogens with one attached hydrogen (secondary N) is 2. The number of ether oxygens (including phenoxy) is 1. The third-order valence-corrected chi connectivity index (χ3v) is 4.13. The molecule has 2 rings (SSSR count). The highest BCUT2D eigenvalue weighted by molar-refractivity contribution is 5.75. The maximum absolute atomic E-state index is 12.3. The Morgan fingerprint density at radius 3 is 2.38 bits per heavy atom. The zero-order valence-corrected chi connectivity index (χ0v) is 15.0. The van der Waals surface area contributed by atoms with E-state index in [0.29, 0.717) is 0 Å². The predicted molar refractivity (Wildman–Crippen MR) is 94.3 cm³/mol. The van der Waals surface area contributed by atoms with Gasteiger partial charge in [-0.25, -0.2) is 4.79 Å². The third-order valence-electron chi connectivity index (χ3n) is 4.13. The Hall–Kier alpha value is -2.43. The third kappa shape index (κ3) is 4.31. The van der Waals surface area contributed by atoms with Crippen molar-refractivity contribution >= 4 is 6.03 Å². The minimum absolute atomic E-state index is 0.0460. The number of carbonyl (C=O) groups is 1. The summed E-state index contributed by atoms with van der Waals surface area (Å²) >= 11 is 0. The molecule has 1 heterocycles. The highest BCUT2D eigenvalue weighted by atomic mass is 16.5. The number of hydrogen-bond donors (Lipinski definition) is 2. The minimum Gasteiger partial charge on any atom is -0.497 e. The molecule has 5 nitrogen and oxygen atoms in total. The molecule has 130 valence electrons. The molecule has 0 saturated heterocycles.